The zero-order chi connectivity index (χ0) is 30.5. The van der Waals surface area contributed by atoms with Gasteiger partial charge >= 0.3 is 18.3 Å². The fourth-order valence-electron chi connectivity index (χ4n) is 5.86. The van der Waals surface area contributed by atoms with E-state index in [1.165, 1.54) is 6.92 Å². The van der Waals surface area contributed by atoms with Crippen molar-refractivity contribution in [1.29, 1.82) is 0 Å². The van der Waals surface area contributed by atoms with Crippen LogP contribution in [0.2, 0.25) is 0 Å². The number of benzene rings is 1. The standard InChI is InChI=1S/C31H46F6O3/c1-19(2)11-8-12-20(3)13-9-14-24(30(32,33)34)15-10-17-29(7)18-16-25-21(4)27(39-23(6)38)22(5)26(28(25)40-29)31(35,36)37/h19-20,24H,8-18H2,1-7H3. The van der Waals surface area contributed by atoms with Crippen molar-refractivity contribution >= 4 is 5.97 Å². The van der Waals surface area contributed by atoms with Crippen LogP contribution in [0.15, 0.2) is 0 Å². The molecule has 1 aliphatic rings. The average molecular weight is 581 g/mol. The van der Waals surface area contributed by atoms with E-state index in [4.69, 9.17) is 9.47 Å². The molecular weight excluding hydrogens is 534 g/mol. The highest BCUT2D eigenvalue weighted by Crippen LogP contribution is 2.50. The average Bonchev–Trinajstić information content (AvgIpc) is 2.78. The molecule has 0 radical (unpaired) electrons. The summed E-state index contributed by atoms with van der Waals surface area (Å²) in [6.45, 7) is 12.0. The summed E-state index contributed by atoms with van der Waals surface area (Å²) in [7, 11) is 0. The van der Waals surface area contributed by atoms with Gasteiger partial charge in [0.05, 0.1) is 5.92 Å². The number of hydrogen-bond donors (Lipinski definition) is 0. The van der Waals surface area contributed by atoms with Crippen LogP contribution in [0.3, 0.4) is 0 Å². The molecule has 1 heterocycles. The molecule has 0 aliphatic carbocycles. The summed E-state index contributed by atoms with van der Waals surface area (Å²) < 4.78 is 95.0. The van der Waals surface area contributed by atoms with Crippen LogP contribution in [-0.4, -0.2) is 17.7 Å². The molecule has 0 saturated carbocycles. The second kappa shape index (κ2) is 13.8. The Morgan fingerprint density at radius 3 is 2.02 bits per heavy atom. The number of rotatable bonds is 13. The molecule has 3 nitrogen and oxygen atoms in total. The van der Waals surface area contributed by atoms with Crippen LogP contribution in [-0.2, 0) is 17.4 Å². The van der Waals surface area contributed by atoms with Crippen LogP contribution in [0.4, 0.5) is 26.3 Å². The van der Waals surface area contributed by atoms with E-state index in [9.17, 15) is 31.1 Å². The van der Waals surface area contributed by atoms with E-state index in [0.717, 1.165) is 32.6 Å². The zero-order valence-electron chi connectivity index (χ0n) is 25.0. The highest BCUT2D eigenvalue weighted by atomic mass is 19.4. The topological polar surface area (TPSA) is 35.5 Å². The zero-order valence-corrected chi connectivity index (χ0v) is 25.0. The fourth-order valence-corrected chi connectivity index (χ4v) is 5.86. The van der Waals surface area contributed by atoms with Crippen molar-refractivity contribution < 1.29 is 40.6 Å². The van der Waals surface area contributed by atoms with E-state index in [1.807, 2.05) is 0 Å². The normalized spacial score (nSPS) is 19.2. The summed E-state index contributed by atoms with van der Waals surface area (Å²) in [5.41, 5.74) is -1.53. The molecule has 9 heteroatoms. The van der Waals surface area contributed by atoms with Gasteiger partial charge in [0.1, 0.15) is 22.7 Å². The molecule has 0 fully saturated rings. The Bertz CT molecular complexity index is 999. The smallest absolute Gasteiger partial charge is 0.420 e. The monoisotopic (exact) mass is 580 g/mol. The minimum atomic E-state index is -4.76. The van der Waals surface area contributed by atoms with Gasteiger partial charge in [0, 0.05) is 18.1 Å². The molecular formula is C31H46F6O3. The second-order valence-corrected chi connectivity index (χ2v) is 12.4. The molecule has 40 heavy (non-hydrogen) atoms. The van der Waals surface area contributed by atoms with Crippen molar-refractivity contribution in [3.63, 3.8) is 0 Å². The van der Waals surface area contributed by atoms with Gasteiger partial charge in [0.15, 0.2) is 0 Å². The van der Waals surface area contributed by atoms with Crippen LogP contribution in [0, 0.1) is 31.6 Å². The Morgan fingerprint density at radius 2 is 1.50 bits per heavy atom. The van der Waals surface area contributed by atoms with E-state index in [0.29, 0.717) is 35.8 Å². The molecule has 0 bridgehead atoms. The Balaban J connectivity index is 2.09. The summed E-state index contributed by atoms with van der Waals surface area (Å²) in [5.74, 6) is -1.56. The quantitative estimate of drug-likeness (QED) is 0.132. The minimum absolute atomic E-state index is 0.0635. The van der Waals surface area contributed by atoms with Crippen LogP contribution >= 0.6 is 0 Å². The SMILES string of the molecule is CC(=O)Oc1c(C)c2c(c(C(F)(F)F)c1C)OC(C)(CCCC(CCCC(C)CCCC(C)C)C(F)(F)F)CC2. The number of carbonyl (C=O) groups excluding carboxylic acids is 1. The third kappa shape index (κ3) is 9.57. The highest BCUT2D eigenvalue weighted by Gasteiger charge is 2.45. The maximum atomic E-state index is 14.2. The molecule has 0 amide bonds. The third-order valence-electron chi connectivity index (χ3n) is 8.24. The lowest BCUT2D eigenvalue weighted by atomic mass is 9.83. The summed E-state index contributed by atoms with van der Waals surface area (Å²) in [5, 5.41) is 0. The van der Waals surface area contributed by atoms with Gasteiger partial charge in [0.25, 0.3) is 0 Å². The lowest BCUT2D eigenvalue weighted by Gasteiger charge is -2.39. The third-order valence-corrected chi connectivity index (χ3v) is 8.24. The van der Waals surface area contributed by atoms with Crippen molar-refractivity contribution in [2.45, 2.75) is 137 Å². The van der Waals surface area contributed by atoms with Crippen LogP contribution in [0.25, 0.3) is 0 Å². The lowest BCUT2D eigenvalue weighted by molar-refractivity contribution is -0.179. The van der Waals surface area contributed by atoms with Crippen molar-refractivity contribution in [3.8, 4) is 11.5 Å². The maximum absolute atomic E-state index is 14.2. The van der Waals surface area contributed by atoms with E-state index < -0.39 is 35.4 Å². The summed E-state index contributed by atoms with van der Waals surface area (Å²) in [6, 6.07) is 0. The van der Waals surface area contributed by atoms with Crippen molar-refractivity contribution in [2.24, 2.45) is 17.8 Å². The largest absolute Gasteiger partial charge is 0.487 e. The number of hydrogen-bond acceptors (Lipinski definition) is 3. The van der Waals surface area contributed by atoms with Crippen molar-refractivity contribution in [2.75, 3.05) is 0 Å². The molecule has 0 saturated heterocycles. The van der Waals surface area contributed by atoms with E-state index in [2.05, 4.69) is 20.8 Å². The van der Waals surface area contributed by atoms with Gasteiger partial charge in [-0.2, -0.15) is 26.3 Å². The van der Waals surface area contributed by atoms with Gasteiger partial charge < -0.3 is 9.47 Å². The molecule has 0 N–H and O–H groups in total. The van der Waals surface area contributed by atoms with E-state index in [1.54, 1.807) is 13.8 Å². The maximum Gasteiger partial charge on any atom is 0.420 e. The molecule has 0 spiro atoms. The first-order chi connectivity index (χ1) is 18.4. The molecule has 1 aliphatic heterocycles. The Hall–Kier alpha value is -1.93. The molecule has 3 atom stereocenters. The van der Waals surface area contributed by atoms with Gasteiger partial charge in [-0.05, 0) is 76.7 Å². The lowest BCUT2D eigenvalue weighted by Crippen LogP contribution is -2.38. The van der Waals surface area contributed by atoms with Crippen LogP contribution in [0.5, 0.6) is 11.5 Å². The first kappa shape index (κ1) is 34.3. The van der Waals surface area contributed by atoms with Crippen LogP contribution < -0.4 is 9.47 Å². The molecule has 3 unspecified atom stereocenters. The van der Waals surface area contributed by atoms with Crippen molar-refractivity contribution in [1.82, 2.24) is 0 Å². The predicted octanol–water partition coefficient (Wildman–Crippen LogP) is 10.3. The van der Waals surface area contributed by atoms with Crippen LogP contribution in [0.1, 0.15) is 121 Å². The Morgan fingerprint density at radius 1 is 0.925 bits per heavy atom. The van der Waals surface area contributed by atoms with E-state index >= 15 is 0 Å². The first-order valence-corrected chi connectivity index (χ1v) is 14.5. The van der Waals surface area contributed by atoms with E-state index in [-0.39, 0.29) is 49.2 Å². The Labute approximate surface area is 235 Å². The first-order valence-electron chi connectivity index (χ1n) is 14.5. The summed E-state index contributed by atoms with van der Waals surface area (Å²) >= 11 is 0. The second-order valence-electron chi connectivity index (χ2n) is 12.4. The number of alkyl halides is 6. The number of esters is 1. The van der Waals surface area contributed by atoms with Crippen molar-refractivity contribution in [3.05, 3.63) is 22.3 Å². The highest BCUT2D eigenvalue weighted by molar-refractivity contribution is 5.72. The minimum Gasteiger partial charge on any atom is -0.487 e. The molecule has 230 valence electrons. The summed E-state index contributed by atoms with van der Waals surface area (Å²) in [4.78, 5) is 11.5. The molecule has 2 rings (SSSR count). The summed E-state index contributed by atoms with van der Waals surface area (Å²) in [6.07, 6.45) is -3.58. The van der Waals surface area contributed by atoms with Gasteiger partial charge in [-0.25, -0.2) is 0 Å². The Kier molecular flexibility index (Phi) is 11.8. The van der Waals surface area contributed by atoms with Gasteiger partial charge in [-0.15, -0.1) is 0 Å². The van der Waals surface area contributed by atoms with Gasteiger partial charge in [0.2, 0.25) is 0 Å². The number of ether oxygens (including phenoxy) is 2. The van der Waals surface area contributed by atoms with Gasteiger partial charge in [-0.3, -0.25) is 4.79 Å². The van der Waals surface area contributed by atoms with Gasteiger partial charge in [-0.1, -0.05) is 52.9 Å². The predicted molar refractivity (Wildman–Crippen MR) is 145 cm³/mol. The number of halogens is 6. The molecule has 0 aromatic heterocycles. The number of fused-ring (bicyclic) bond motifs is 1. The molecule has 1 aromatic rings. The molecule has 1 aromatic carbocycles. The fraction of sp³-hybridized carbons (Fsp3) is 0.774. The number of carbonyl (C=O) groups is 1.